The molecular weight excluding hydrogens is 252 g/mol. The van der Waals surface area contributed by atoms with Gasteiger partial charge in [0.25, 0.3) is 0 Å². The second-order valence-electron chi connectivity index (χ2n) is 7.54. The van der Waals surface area contributed by atoms with E-state index in [0.717, 1.165) is 11.8 Å². The number of fused-ring (bicyclic) bond motifs is 3. The maximum absolute atomic E-state index is 2.60. The topological polar surface area (TPSA) is 0 Å². The first kappa shape index (κ1) is 12.3. The Morgan fingerprint density at radius 1 is 1.14 bits per heavy atom. The van der Waals surface area contributed by atoms with Gasteiger partial charge in [-0.2, -0.15) is 0 Å². The molecule has 0 aliphatic heterocycles. The molecule has 0 aromatic heterocycles. The number of allylic oxidation sites excluding steroid dienone is 4. The zero-order chi connectivity index (χ0) is 13.9. The third-order valence-electron chi connectivity index (χ3n) is 6.48. The highest BCUT2D eigenvalue weighted by Crippen LogP contribution is 2.61. The number of hydrogen-bond donors (Lipinski definition) is 0. The average Bonchev–Trinajstić information content (AvgIpc) is 3.28. The van der Waals surface area contributed by atoms with E-state index in [1.807, 2.05) is 0 Å². The highest BCUT2D eigenvalue weighted by molar-refractivity contribution is 5.56. The van der Waals surface area contributed by atoms with E-state index in [1.165, 1.54) is 44.9 Å². The second kappa shape index (κ2) is 4.35. The second-order valence-corrected chi connectivity index (χ2v) is 7.54. The quantitative estimate of drug-likeness (QED) is 0.647. The van der Waals surface area contributed by atoms with Crippen LogP contribution in [0.1, 0.15) is 49.7 Å². The highest BCUT2D eigenvalue weighted by Gasteiger charge is 2.52. The van der Waals surface area contributed by atoms with Gasteiger partial charge in [-0.05, 0) is 73.3 Å². The van der Waals surface area contributed by atoms with Crippen molar-refractivity contribution >= 4 is 0 Å². The minimum absolute atomic E-state index is 0.489. The van der Waals surface area contributed by atoms with E-state index in [2.05, 4.69) is 42.5 Å². The van der Waals surface area contributed by atoms with E-state index in [-0.39, 0.29) is 0 Å². The van der Waals surface area contributed by atoms with Crippen LogP contribution in [-0.2, 0) is 6.42 Å². The molecule has 3 atom stereocenters. The summed E-state index contributed by atoms with van der Waals surface area (Å²) in [5.74, 6) is 3.37. The molecule has 0 heteroatoms. The molecule has 0 amide bonds. The molecule has 1 radical (unpaired) electrons. The van der Waals surface area contributed by atoms with Gasteiger partial charge in [-0.15, -0.1) is 0 Å². The first-order valence-electron chi connectivity index (χ1n) is 8.70. The van der Waals surface area contributed by atoms with E-state index in [1.54, 1.807) is 22.6 Å². The SMILES string of the molecule is C1=CC2(C3Cc4ccccc4[C]3C3=CCCC3)CCC1C2. The molecule has 0 heterocycles. The minimum Gasteiger partial charge on any atom is -0.0848 e. The summed E-state index contributed by atoms with van der Waals surface area (Å²) in [5, 5.41) is 0. The fourth-order valence-corrected chi connectivity index (χ4v) is 5.50. The summed E-state index contributed by atoms with van der Waals surface area (Å²) in [6.45, 7) is 0. The van der Waals surface area contributed by atoms with Gasteiger partial charge in [0.05, 0.1) is 0 Å². The molecule has 4 aliphatic carbocycles. The Kier molecular flexibility index (Phi) is 2.54. The van der Waals surface area contributed by atoms with Gasteiger partial charge in [-0.1, -0.05) is 48.1 Å². The standard InChI is InChI=1S/C21H23/c1-2-6-16(5-1)20-18-8-4-3-7-17(18)13-19(20)21-11-9-15(14-21)10-12-21/h3-5,7-9,11,15,19H,1-2,6,10,12-14H2. The van der Waals surface area contributed by atoms with Gasteiger partial charge in [0, 0.05) is 5.92 Å². The third-order valence-corrected chi connectivity index (χ3v) is 6.48. The van der Waals surface area contributed by atoms with Gasteiger partial charge >= 0.3 is 0 Å². The normalized spacial score (nSPS) is 37.2. The molecule has 1 fully saturated rings. The Bertz CT molecular complexity index is 635. The fraction of sp³-hybridized carbons (Fsp3) is 0.476. The Morgan fingerprint density at radius 2 is 2.10 bits per heavy atom. The molecule has 2 bridgehead atoms. The lowest BCUT2D eigenvalue weighted by Gasteiger charge is -2.36. The van der Waals surface area contributed by atoms with Crippen molar-refractivity contribution in [1.82, 2.24) is 0 Å². The van der Waals surface area contributed by atoms with Crippen molar-refractivity contribution in [1.29, 1.82) is 0 Å². The summed E-state index contributed by atoms with van der Waals surface area (Å²) < 4.78 is 0. The van der Waals surface area contributed by atoms with Crippen molar-refractivity contribution in [3.8, 4) is 0 Å². The van der Waals surface area contributed by atoms with E-state index >= 15 is 0 Å². The molecule has 1 aromatic carbocycles. The van der Waals surface area contributed by atoms with Gasteiger partial charge in [0.2, 0.25) is 0 Å². The van der Waals surface area contributed by atoms with Crippen molar-refractivity contribution in [3.05, 3.63) is 65.1 Å². The zero-order valence-electron chi connectivity index (χ0n) is 12.6. The predicted molar refractivity (Wildman–Crippen MR) is 86.8 cm³/mol. The maximum atomic E-state index is 2.60. The Morgan fingerprint density at radius 3 is 2.81 bits per heavy atom. The van der Waals surface area contributed by atoms with E-state index in [4.69, 9.17) is 0 Å². The van der Waals surface area contributed by atoms with E-state index < -0.39 is 0 Å². The zero-order valence-corrected chi connectivity index (χ0v) is 12.6. The molecule has 1 aromatic rings. The van der Waals surface area contributed by atoms with Crippen LogP contribution >= 0.6 is 0 Å². The largest absolute Gasteiger partial charge is 0.0848 e. The van der Waals surface area contributed by atoms with Crippen molar-refractivity contribution in [2.75, 3.05) is 0 Å². The number of hydrogen-bond acceptors (Lipinski definition) is 0. The minimum atomic E-state index is 0.489. The predicted octanol–water partition coefficient (Wildman–Crippen LogP) is 5.25. The summed E-state index contributed by atoms with van der Waals surface area (Å²) in [6, 6.07) is 9.20. The van der Waals surface area contributed by atoms with Crippen molar-refractivity contribution in [2.24, 2.45) is 17.3 Å². The highest BCUT2D eigenvalue weighted by atomic mass is 14.6. The molecule has 0 saturated heterocycles. The van der Waals surface area contributed by atoms with Crippen LogP contribution < -0.4 is 0 Å². The molecule has 0 spiro atoms. The van der Waals surface area contributed by atoms with Gasteiger partial charge in [0.1, 0.15) is 0 Å². The molecule has 21 heavy (non-hydrogen) atoms. The Labute approximate surface area is 128 Å². The molecule has 0 nitrogen and oxygen atoms in total. The monoisotopic (exact) mass is 275 g/mol. The lowest BCUT2D eigenvalue weighted by Crippen LogP contribution is -2.29. The van der Waals surface area contributed by atoms with Crippen molar-refractivity contribution < 1.29 is 0 Å². The lowest BCUT2D eigenvalue weighted by atomic mass is 9.67. The van der Waals surface area contributed by atoms with Crippen LogP contribution in [0.5, 0.6) is 0 Å². The van der Waals surface area contributed by atoms with Gasteiger partial charge in [-0.3, -0.25) is 0 Å². The fourth-order valence-electron chi connectivity index (χ4n) is 5.50. The first-order valence-corrected chi connectivity index (χ1v) is 8.70. The number of rotatable bonds is 2. The third kappa shape index (κ3) is 1.68. The van der Waals surface area contributed by atoms with Gasteiger partial charge < -0.3 is 0 Å². The molecular formula is C21H23. The van der Waals surface area contributed by atoms with Gasteiger partial charge in [-0.25, -0.2) is 0 Å². The van der Waals surface area contributed by atoms with Crippen LogP contribution in [0.2, 0.25) is 0 Å². The summed E-state index contributed by atoms with van der Waals surface area (Å²) in [4.78, 5) is 0. The van der Waals surface area contributed by atoms with Gasteiger partial charge in [0.15, 0.2) is 0 Å². The molecule has 3 unspecified atom stereocenters. The van der Waals surface area contributed by atoms with Crippen LogP contribution in [0, 0.1) is 23.2 Å². The molecule has 107 valence electrons. The first-order chi connectivity index (χ1) is 10.4. The summed E-state index contributed by atoms with van der Waals surface area (Å²) in [7, 11) is 0. The molecule has 1 saturated carbocycles. The Balaban J connectivity index is 1.61. The van der Waals surface area contributed by atoms with Crippen LogP contribution in [0.3, 0.4) is 0 Å². The lowest BCUT2D eigenvalue weighted by molar-refractivity contribution is 0.268. The molecule has 5 rings (SSSR count). The summed E-state index contributed by atoms with van der Waals surface area (Å²) >= 11 is 0. The smallest absolute Gasteiger partial charge is 0.0341 e. The van der Waals surface area contributed by atoms with Crippen molar-refractivity contribution in [3.63, 3.8) is 0 Å². The van der Waals surface area contributed by atoms with Crippen LogP contribution in [0.4, 0.5) is 0 Å². The Hall–Kier alpha value is -1.30. The summed E-state index contributed by atoms with van der Waals surface area (Å²) in [5.41, 5.74) is 5.35. The molecule has 4 aliphatic rings. The van der Waals surface area contributed by atoms with E-state index in [0.29, 0.717) is 5.41 Å². The van der Waals surface area contributed by atoms with Crippen LogP contribution in [0.25, 0.3) is 0 Å². The van der Waals surface area contributed by atoms with E-state index in [9.17, 15) is 0 Å². The number of benzene rings is 1. The average molecular weight is 275 g/mol. The van der Waals surface area contributed by atoms with Crippen LogP contribution in [-0.4, -0.2) is 0 Å². The summed E-state index contributed by atoms with van der Waals surface area (Å²) in [6.07, 6.45) is 17.2. The van der Waals surface area contributed by atoms with Crippen LogP contribution in [0.15, 0.2) is 48.1 Å². The molecule has 0 N–H and O–H groups in total. The maximum Gasteiger partial charge on any atom is 0.0341 e. The van der Waals surface area contributed by atoms with Crippen molar-refractivity contribution in [2.45, 2.75) is 44.9 Å².